The highest BCUT2D eigenvalue weighted by Gasteiger charge is 1.83. The summed E-state index contributed by atoms with van der Waals surface area (Å²) in [6, 6.07) is 0. The van der Waals surface area contributed by atoms with Gasteiger partial charge in [0.2, 0.25) is 0 Å². The van der Waals surface area contributed by atoms with Crippen LogP contribution in [0.2, 0.25) is 0 Å². The number of hydrogen-bond acceptors (Lipinski definition) is 0. The molecular formula is C14H20. The van der Waals surface area contributed by atoms with Crippen LogP contribution in [-0.4, -0.2) is 0 Å². The van der Waals surface area contributed by atoms with E-state index in [0.29, 0.717) is 0 Å². The zero-order chi connectivity index (χ0) is 9.90. The molecule has 0 unspecified atom stereocenters. The average molecular weight is 188 g/mol. The van der Waals surface area contributed by atoms with Crippen molar-refractivity contribution in [1.29, 1.82) is 0 Å². The van der Waals surface area contributed by atoms with Crippen LogP contribution < -0.4 is 0 Å². The molecule has 0 saturated heterocycles. The SMILES string of the molecule is C1=C\C/C=C\C/C=C/CCCC/C=C/1. The van der Waals surface area contributed by atoms with Crippen molar-refractivity contribution in [1.82, 2.24) is 0 Å². The summed E-state index contributed by atoms with van der Waals surface area (Å²) in [7, 11) is 0. The lowest BCUT2D eigenvalue weighted by atomic mass is 10.1. The lowest BCUT2D eigenvalue weighted by Crippen LogP contribution is -1.72. The predicted molar refractivity (Wildman–Crippen MR) is 64.3 cm³/mol. The van der Waals surface area contributed by atoms with E-state index in [4.69, 9.17) is 0 Å². The number of rotatable bonds is 0. The highest BCUT2D eigenvalue weighted by Crippen LogP contribution is 2.03. The molecule has 1 aliphatic carbocycles. The Morgan fingerprint density at radius 2 is 1.07 bits per heavy atom. The zero-order valence-corrected chi connectivity index (χ0v) is 8.86. The first-order chi connectivity index (χ1) is 7.00. The van der Waals surface area contributed by atoms with Crippen molar-refractivity contribution in [3.05, 3.63) is 48.6 Å². The molecule has 76 valence electrons. The smallest absolute Gasteiger partial charge is 0.0166 e. The van der Waals surface area contributed by atoms with Gasteiger partial charge in [-0.3, -0.25) is 0 Å². The maximum atomic E-state index is 2.30. The molecule has 14 heavy (non-hydrogen) atoms. The van der Waals surface area contributed by atoms with Gasteiger partial charge in [-0.2, -0.15) is 0 Å². The maximum Gasteiger partial charge on any atom is -0.0166 e. The highest BCUT2D eigenvalue weighted by molar-refractivity contribution is 5.05. The van der Waals surface area contributed by atoms with Crippen molar-refractivity contribution in [2.45, 2.75) is 38.5 Å². The Hall–Kier alpha value is -1.04. The Morgan fingerprint density at radius 1 is 0.500 bits per heavy atom. The zero-order valence-electron chi connectivity index (χ0n) is 8.86. The second-order valence-electron chi connectivity index (χ2n) is 3.55. The molecule has 0 aromatic heterocycles. The first-order valence-electron chi connectivity index (χ1n) is 5.62. The third-order valence-corrected chi connectivity index (χ3v) is 2.25. The van der Waals surface area contributed by atoms with Gasteiger partial charge in [0, 0.05) is 0 Å². The topological polar surface area (TPSA) is 0 Å². The molecular weight excluding hydrogens is 168 g/mol. The first-order valence-corrected chi connectivity index (χ1v) is 5.62. The monoisotopic (exact) mass is 188 g/mol. The molecule has 0 aromatic carbocycles. The van der Waals surface area contributed by atoms with Crippen LogP contribution in [0.1, 0.15) is 38.5 Å². The van der Waals surface area contributed by atoms with Gasteiger partial charge >= 0.3 is 0 Å². The Morgan fingerprint density at radius 3 is 1.93 bits per heavy atom. The van der Waals surface area contributed by atoms with Crippen LogP contribution in [0.4, 0.5) is 0 Å². The number of hydrogen-bond donors (Lipinski definition) is 0. The normalized spacial score (nSPS) is 28.6. The summed E-state index contributed by atoms with van der Waals surface area (Å²) in [6.45, 7) is 0. The summed E-state index contributed by atoms with van der Waals surface area (Å²) in [5.41, 5.74) is 0. The maximum absolute atomic E-state index is 2.30. The second-order valence-corrected chi connectivity index (χ2v) is 3.55. The molecule has 0 radical (unpaired) electrons. The van der Waals surface area contributed by atoms with E-state index in [-0.39, 0.29) is 0 Å². The van der Waals surface area contributed by atoms with Gasteiger partial charge in [0.05, 0.1) is 0 Å². The van der Waals surface area contributed by atoms with Crippen molar-refractivity contribution in [2.24, 2.45) is 0 Å². The van der Waals surface area contributed by atoms with E-state index in [0.717, 1.165) is 12.8 Å². The predicted octanol–water partition coefficient (Wildman–Crippen LogP) is 4.57. The molecule has 0 fully saturated rings. The molecule has 0 heteroatoms. The average Bonchev–Trinajstić information content (AvgIpc) is 2.22. The van der Waals surface area contributed by atoms with Crippen molar-refractivity contribution in [3.63, 3.8) is 0 Å². The third-order valence-electron chi connectivity index (χ3n) is 2.25. The highest BCUT2D eigenvalue weighted by atomic mass is 13.9. The van der Waals surface area contributed by atoms with Crippen molar-refractivity contribution >= 4 is 0 Å². The minimum absolute atomic E-state index is 1.05. The van der Waals surface area contributed by atoms with Crippen LogP contribution in [0.5, 0.6) is 0 Å². The van der Waals surface area contributed by atoms with E-state index in [1.807, 2.05) is 0 Å². The third kappa shape index (κ3) is 6.47. The molecule has 0 aromatic rings. The molecule has 0 bridgehead atoms. The fourth-order valence-electron chi connectivity index (χ4n) is 1.42. The lowest BCUT2D eigenvalue weighted by molar-refractivity contribution is 0.761. The van der Waals surface area contributed by atoms with Gasteiger partial charge in [-0.15, -0.1) is 0 Å². The fourth-order valence-corrected chi connectivity index (χ4v) is 1.42. The van der Waals surface area contributed by atoms with Crippen LogP contribution in [0, 0.1) is 0 Å². The van der Waals surface area contributed by atoms with Crippen molar-refractivity contribution in [2.75, 3.05) is 0 Å². The van der Waals surface area contributed by atoms with Gasteiger partial charge in [-0.05, 0) is 38.5 Å². The van der Waals surface area contributed by atoms with Crippen LogP contribution in [-0.2, 0) is 0 Å². The summed E-state index contributed by atoms with van der Waals surface area (Å²) < 4.78 is 0. The summed E-state index contributed by atoms with van der Waals surface area (Å²) in [4.78, 5) is 0. The lowest BCUT2D eigenvalue weighted by Gasteiger charge is -1.93. The van der Waals surface area contributed by atoms with E-state index in [1.165, 1.54) is 25.7 Å². The molecule has 0 spiro atoms. The van der Waals surface area contributed by atoms with Gasteiger partial charge in [-0.25, -0.2) is 0 Å². The Kier molecular flexibility index (Phi) is 6.74. The molecule has 0 aliphatic heterocycles. The molecule has 0 saturated carbocycles. The van der Waals surface area contributed by atoms with E-state index in [2.05, 4.69) is 48.6 Å². The largest absolute Gasteiger partial charge is 0.0882 e. The standard InChI is InChI=1S/C14H20/c1-2-4-6-8-10-12-14-13-11-9-7-5-3-1/h1-4,7,9,13-14H,5-6,8,10-12H2/b3-1-,4-2+,9-7-,14-13+. The van der Waals surface area contributed by atoms with E-state index < -0.39 is 0 Å². The van der Waals surface area contributed by atoms with Crippen LogP contribution in [0.15, 0.2) is 48.6 Å². The van der Waals surface area contributed by atoms with E-state index in [9.17, 15) is 0 Å². The Bertz CT molecular complexity index is 228. The summed E-state index contributed by atoms with van der Waals surface area (Å²) in [5, 5.41) is 0. The molecule has 0 heterocycles. The van der Waals surface area contributed by atoms with E-state index >= 15 is 0 Å². The quantitative estimate of drug-likeness (QED) is 0.489. The molecule has 1 rings (SSSR count). The van der Waals surface area contributed by atoms with Gasteiger partial charge in [0.1, 0.15) is 0 Å². The Labute approximate surface area is 87.7 Å². The summed E-state index contributed by atoms with van der Waals surface area (Å²) >= 11 is 0. The van der Waals surface area contributed by atoms with Crippen LogP contribution in [0.25, 0.3) is 0 Å². The minimum atomic E-state index is 1.05. The Balaban J connectivity index is 2.35. The van der Waals surface area contributed by atoms with Crippen molar-refractivity contribution in [3.8, 4) is 0 Å². The van der Waals surface area contributed by atoms with Gasteiger partial charge in [0.25, 0.3) is 0 Å². The molecule has 0 nitrogen and oxygen atoms in total. The van der Waals surface area contributed by atoms with Crippen LogP contribution >= 0.6 is 0 Å². The first kappa shape index (κ1) is 11.0. The number of allylic oxidation sites excluding steroid dienone is 8. The molecule has 0 atom stereocenters. The molecule has 1 aliphatic rings. The fraction of sp³-hybridized carbons (Fsp3) is 0.429. The minimum Gasteiger partial charge on any atom is -0.0882 e. The van der Waals surface area contributed by atoms with E-state index in [1.54, 1.807) is 0 Å². The van der Waals surface area contributed by atoms with Gasteiger partial charge in [0.15, 0.2) is 0 Å². The van der Waals surface area contributed by atoms with Crippen molar-refractivity contribution < 1.29 is 0 Å². The van der Waals surface area contributed by atoms with Crippen LogP contribution in [0.3, 0.4) is 0 Å². The van der Waals surface area contributed by atoms with Gasteiger partial charge in [-0.1, -0.05) is 48.6 Å². The summed E-state index contributed by atoms with van der Waals surface area (Å²) in [5.74, 6) is 0. The molecule has 0 N–H and O–H groups in total. The molecule has 0 amide bonds. The van der Waals surface area contributed by atoms with Gasteiger partial charge < -0.3 is 0 Å². The second kappa shape index (κ2) is 8.55. The summed E-state index contributed by atoms with van der Waals surface area (Å²) in [6.07, 6.45) is 25.0.